The lowest BCUT2D eigenvalue weighted by molar-refractivity contribution is -0.142. The summed E-state index contributed by atoms with van der Waals surface area (Å²) in [6, 6.07) is 0.153. The van der Waals surface area contributed by atoms with Crippen molar-refractivity contribution in [2.75, 3.05) is 12.4 Å². The molecule has 1 aromatic heterocycles. The zero-order valence-electron chi connectivity index (χ0n) is 9.94. The Morgan fingerprint density at radius 2 is 2.22 bits per heavy atom. The Balaban J connectivity index is 2.29. The van der Waals surface area contributed by atoms with Crippen LogP contribution in [0.1, 0.15) is 25.7 Å². The minimum absolute atomic E-state index is 0.153. The maximum absolute atomic E-state index is 11.4. The molecule has 1 saturated carbocycles. The van der Waals surface area contributed by atoms with Crippen molar-refractivity contribution in [2.24, 2.45) is 0 Å². The van der Waals surface area contributed by atoms with E-state index in [9.17, 15) is 9.90 Å². The summed E-state index contributed by atoms with van der Waals surface area (Å²) in [5.41, 5.74) is -0.983. The molecule has 1 heterocycles. The van der Waals surface area contributed by atoms with E-state index in [1.165, 1.54) is 13.3 Å². The van der Waals surface area contributed by atoms with Crippen LogP contribution in [0.25, 0.3) is 0 Å². The summed E-state index contributed by atoms with van der Waals surface area (Å²) in [5, 5.41) is 12.6. The molecule has 6 nitrogen and oxygen atoms in total. The lowest BCUT2D eigenvalue weighted by atomic mass is 9.98. The molecule has 0 spiro atoms. The second kappa shape index (κ2) is 4.97. The van der Waals surface area contributed by atoms with E-state index >= 15 is 0 Å². The van der Waals surface area contributed by atoms with Gasteiger partial charge in [0.05, 0.1) is 13.3 Å². The molecule has 7 heteroatoms. The smallest absolute Gasteiger partial charge is 0.329 e. The van der Waals surface area contributed by atoms with Gasteiger partial charge in [-0.3, -0.25) is 0 Å². The minimum atomic E-state index is -0.983. The molecule has 0 radical (unpaired) electrons. The van der Waals surface area contributed by atoms with Gasteiger partial charge in [-0.2, -0.15) is 4.98 Å². The average molecular weight is 272 g/mol. The molecule has 0 aliphatic heterocycles. The van der Waals surface area contributed by atoms with Crippen molar-refractivity contribution < 1.29 is 14.6 Å². The number of rotatable bonds is 4. The first-order chi connectivity index (χ1) is 8.57. The van der Waals surface area contributed by atoms with E-state index in [0.717, 1.165) is 12.8 Å². The van der Waals surface area contributed by atoms with Gasteiger partial charge in [0.1, 0.15) is 10.6 Å². The molecule has 1 fully saturated rings. The van der Waals surface area contributed by atoms with Crippen LogP contribution in [-0.4, -0.2) is 33.7 Å². The summed E-state index contributed by atoms with van der Waals surface area (Å²) in [4.78, 5) is 19.3. The molecule has 0 amide bonds. The number of aromatic nitrogens is 2. The van der Waals surface area contributed by atoms with E-state index < -0.39 is 11.5 Å². The number of carboxylic acids is 1. The Bertz CT molecular complexity index is 461. The van der Waals surface area contributed by atoms with Gasteiger partial charge in [-0.1, -0.05) is 24.4 Å². The Kier molecular flexibility index (Phi) is 3.56. The fourth-order valence-corrected chi connectivity index (χ4v) is 2.27. The standard InChI is InChI=1S/C11H14ClN3O3/c1-18-10-13-6-7(12)8(14-10)15-11(9(16)17)4-2-3-5-11/h6H,2-5H2,1H3,(H,16,17)(H,13,14,15). The normalized spacial score (nSPS) is 17.4. The van der Waals surface area contributed by atoms with E-state index in [4.69, 9.17) is 16.3 Å². The Labute approximate surface area is 109 Å². The van der Waals surface area contributed by atoms with Gasteiger partial charge in [-0.15, -0.1) is 0 Å². The second-order valence-electron chi connectivity index (χ2n) is 4.27. The monoisotopic (exact) mass is 271 g/mol. The van der Waals surface area contributed by atoms with E-state index in [1.54, 1.807) is 0 Å². The maximum Gasteiger partial charge on any atom is 0.329 e. The van der Waals surface area contributed by atoms with Gasteiger partial charge in [0.25, 0.3) is 0 Å². The third kappa shape index (κ3) is 2.33. The van der Waals surface area contributed by atoms with Crippen molar-refractivity contribution in [3.8, 4) is 6.01 Å². The van der Waals surface area contributed by atoms with Crippen molar-refractivity contribution in [3.05, 3.63) is 11.2 Å². The van der Waals surface area contributed by atoms with Gasteiger partial charge in [0, 0.05) is 0 Å². The number of aliphatic carboxylic acids is 1. The highest BCUT2D eigenvalue weighted by Crippen LogP contribution is 2.35. The van der Waals surface area contributed by atoms with Crippen LogP contribution >= 0.6 is 11.6 Å². The quantitative estimate of drug-likeness (QED) is 0.871. The van der Waals surface area contributed by atoms with Gasteiger partial charge in [-0.05, 0) is 12.8 Å². The maximum atomic E-state index is 11.4. The van der Waals surface area contributed by atoms with Crippen molar-refractivity contribution in [2.45, 2.75) is 31.2 Å². The van der Waals surface area contributed by atoms with Crippen LogP contribution in [0.2, 0.25) is 5.02 Å². The second-order valence-corrected chi connectivity index (χ2v) is 4.68. The highest BCUT2D eigenvalue weighted by atomic mass is 35.5. The van der Waals surface area contributed by atoms with Crippen molar-refractivity contribution in [1.82, 2.24) is 9.97 Å². The summed E-state index contributed by atoms with van der Waals surface area (Å²) >= 11 is 5.96. The van der Waals surface area contributed by atoms with Gasteiger partial charge < -0.3 is 15.2 Å². The zero-order valence-corrected chi connectivity index (χ0v) is 10.7. The lowest BCUT2D eigenvalue weighted by Crippen LogP contribution is -2.44. The van der Waals surface area contributed by atoms with Crippen LogP contribution < -0.4 is 10.1 Å². The molecule has 18 heavy (non-hydrogen) atoms. The largest absolute Gasteiger partial charge is 0.480 e. The van der Waals surface area contributed by atoms with Crippen molar-refractivity contribution in [3.63, 3.8) is 0 Å². The number of anilines is 1. The summed E-state index contributed by atoms with van der Waals surface area (Å²) in [6.45, 7) is 0. The third-order valence-electron chi connectivity index (χ3n) is 3.13. The minimum Gasteiger partial charge on any atom is -0.480 e. The number of nitrogens with zero attached hydrogens (tertiary/aromatic N) is 2. The van der Waals surface area contributed by atoms with Gasteiger partial charge in [-0.25, -0.2) is 9.78 Å². The first kappa shape index (κ1) is 12.9. The molecule has 2 rings (SSSR count). The van der Waals surface area contributed by atoms with Crippen LogP contribution in [0.3, 0.4) is 0 Å². The Morgan fingerprint density at radius 3 is 2.78 bits per heavy atom. The predicted molar refractivity (Wildman–Crippen MR) is 66.1 cm³/mol. The molecule has 1 aliphatic carbocycles. The molecule has 0 unspecified atom stereocenters. The number of halogens is 1. The highest BCUT2D eigenvalue weighted by molar-refractivity contribution is 6.32. The van der Waals surface area contributed by atoms with E-state index in [-0.39, 0.29) is 11.0 Å². The molecule has 1 aliphatic rings. The van der Waals surface area contributed by atoms with E-state index in [1.807, 2.05) is 0 Å². The van der Waals surface area contributed by atoms with Crippen molar-refractivity contribution in [1.29, 1.82) is 0 Å². The van der Waals surface area contributed by atoms with Crippen LogP contribution in [0.4, 0.5) is 5.82 Å². The molecular weight excluding hydrogens is 258 g/mol. The van der Waals surface area contributed by atoms with Crippen LogP contribution in [0.15, 0.2) is 6.20 Å². The Hall–Kier alpha value is -1.56. The Morgan fingerprint density at radius 1 is 1.56 bits per heavy atom. The number of hydrogen-bond donors (Lipinski definition) is 2. The lowest BCUT2D eigenvalue weighted by Gasteiger charge is -2.26. The fraction of sp³-hybridized carbons (Fsp3) is 0.545. The molecule has 0 aromatic carbocycles. The molecule has 98 valence electrons. The molecule has 0 bridgehead atoms. The zero-order chi connectivity index (χ0) is 13.2. The first-order valence-corrected chi connectivity index (χ1v) is 6.03. The molecule has 1 aromatic rings. The summed E-state index contributed by atoms with van der Waals surface area (Å²) < 4.78 is 4.90. The van der Waals surface area contributed by atoms with Gasteiger partial charge in [0.15, 0.2) is 5.82 Å². The van der Waals surface area contributed by atoms with Gasteiger partial charge in [0.2, 0.25) is 0 Å². The van der Waals surface area contributed by atoms with Crippen LogP contribution in [0, 0.1) is 0 Å². The number of ether oxygens (including phenoxy) is 1. The first-order valence-electron chi connectivity index (χ1n) is 5.65. The molecule has 2 N–H and O–H groups in total. The molecule has 0 saturated heterocycles. The van der Waals surface area contributed by atoms with E-state index in [2.05, 4.69) is 15.3 Å². The number of hydrogen-bond acceptors (Lipinski definition) is 5. The number of carbonyl (C=O) groups is 1. The van der Waals surface area contributed by atoms with E-state index in [0.29, 0.717) is 18.7 Å². The number of nitrogens with one attached hydrogen (secondary N) is 1. The molecule has 0 atom stereocenters. The van der Waals surface area contributed by atoms with Crippen LogP contribution in [-0.2, 0) is 4.79 Å². The van der Waals surface area contributed by atoms with Crippen molar-refractivity contribution >= 4 is 23.4 Å². The fourth-order valence-electron chi connectivity index (χ4n) is 2.13. The number of carboxylic acid groups (broad SMARTS) is 1. The topological polar surface area (TPSA) is 84.3 Å². The summed E-state index contributed by atoms with van der Waals surface area (Å²) in [6.07, 6.45) is 4.26. The molecular formula is C11H14ClN3O3. The highest BCUT2D eigenvalue weighted by Gasteiger charge is 2.42. The van der Waals surface area contributed by atoms with Crippen LogP contribution in [0.5, 0.6) is 6.01 Å². The third-order valence-corrected chi connectivity index (χ3v) is 3.41. The number of methoxy groups -OCH3 is 1. The SMILES string of the molecule is COc1ncc(Cl)c(NC2(C(=O)O)CCCC2)n1. The summed E-state index contributed by atoms with van der Waals surface area (Å²) in [7, 11) is 1.44. The van der Waals surface area contributed by atoms with Gasteiger partial charge >= 0.3 is 12.0 Å². The predicted octanol–water partition coefficient (Wildman–Crippen LogP) is 1.95. The summed E-state index contributed by atoms with van der Waals surface area (Å²) in [5.74, 6) is -0.582. The average Bonchev–Trinajstić information content (AvgIpc) is 2.82.